The predicted molar refractivity (Wildman–Crippen MR) is 106 cm³/mol. The van der Waals surface area contributed by atoms with Gasteiger partial charge in [-0.3, -0.25) is 9.36 Å². The number of oxazole rings is 1. The van der Waals surface area contributed by atoms with Gasteiger partial charge in [0, 0.05) is 19.5 Å². The molecule has 0 saturated carbocycles. The van der Waals surface area contributed by atoms with Crippen LogP contribution in [-0.4, -0.2) is 36.0 Å². The first-order valence-electron chi connectivity index (χ1n) is 9.12. The average molecular weight is 367 g/mol. The maximum Gasteiger partial charge on any atom is 0.419 e. The summed E-state index contributed by atoms with van der Waals surface area (Å²) in [5.41, 5.74) is 2.41. The van der Waals surface area contributed by atoms with E-state index in [9.17, 15) is 9.59 Å². The van der Waals surface area contributed by atoms with Crippen molar-refractivity contribution in [2.75, 3.05) is 20.6 Å². The zero-order valence-electron chi connectivity index (χ0n) is 15.7. The van der Waals surface area contributed by atoms with Crippen LogP contribution in [0, 0.1) is 0 Å². The van der Waals surface area contributed by atoms with Crippen molar-refractivity contribution < 1.29 is 9.21 Å². The fourth-order valence-corrected chi connectivity index (χ4v) is 3.17. The second-order valence-electron chi connectivity index (χ2n) is 6.88. The molecule has 1 atom stereocenters. The van der Waals surface area contributed by atoms with Crippen LogP contribution in [0.3, 0.4) is 0 Å². The summed E-state index contributed by atoms with van der Waals surface area (Å²) in [5, 5.41) is 3.11. The maximum atomic E-state index is 12.4. The molecule has 1 amide bonds. The van der Waals surface area contributed by atoms with Gasteiger partial charge < -0.3 is 14.6 Å². The lowest BCUT2D eigenvalue weighted by Crippen LogP contribution is -2.35. The molecular formula is C21H25N3O3. The van der Waals surface area contributed by atoms with Crippen molar-refractivity contribution in [3.05, 3.63) is 70.7 Å². The van der Waals surface area contributed by atoms with Crippen LogP contribution in [0.15, 0.2) is 63.8 Å². The average Bonchev–Trinajstić information content (AvgIpc) is 2.97. The number of aryl methyl sites for hydroxylation is 1. The van der Waals surface area contributed by atoms with E-state index in [1.54, 1.807) is 10.6 Å². The van der Waals surface area contributed by atoms with Crippen LogP contribution in [-0.2, 0) is 11.3 Å². The molecule has 0 bridgehead atoms. The van der Waals surface area contributed by atoms with Crippen LogP contribution in [0.2, 0.25) is 0 Å². The predicted octanol–water partition coefficient (Wildman–Crippen LogP) is 2.79. The fraction of sp³-hybridized carbons (Fsp3) is 0.333. The van der Waals surface area contributed by atoms with E-state index >= 15 is 0 Å². The Bertz CT molecular complexity index is 944. The van der Waals surface area contributed by atoms with E-state index in [4.69, 9.17) is 4.42 Å². The number of carbonyl (C=O) groups is 1. The van der Waals surface area contributed by atoms with Crippen LogP contribution in [0.4, 0.5) is 0 Å². The van der Waals surface area contributed by atoms with E-state index in [0.717, 1.165) is 17.6 Å². The molecule has 0 radical (unpaired) electrons. The van der Waals surface area contributed by atoms with Gasteiger partial charge in [0.25, 0.3) is 0 Å². The number of likely N-dealkylation sites (N-methyl/N-ethyl adjacent to an activating group) is 1. The second kappa shape index (κ2) is 8.68. The van der Waals surface area contributed by atoms with Crippen LogP contribution in [0.1, 0.15) is 24.4 Å². The molecule has 1 unspecified atom stereocenters. The number of nitrogens with zero attached hydrogens (tertiary/aromatic N) is 2. The smallest absolute Gasteiger partial charge is 0.408 e. The van der Waals surface area contributed by atoms with Gasteiger partial charge in [0.05, 0.1) is 11.6 Å². The Hall–Kier alpha value is -2.86. The molecule has 6 heteroatoms. The monoisotopic (exact) mass is 367 g/mol. The van der Waals surface area contributed by atoms with E-state index in [0.29, 0.717) is 25.0 Å². The van der Waals surface area contributed by atoms with Gasteiger partial charge in [-0.2, -0.15) is 0 Å². The highest BCUT2D eigenvalue weighted by Gasteiger charge is 2.15. The van der Waals surface area contributed by atoms with Crippen LogP contribution >= 0.6 is 0 Å². The zero-order valence-corrected chi connectivity index (χ0v) is 15.7. The van der Waals surface area contributed by atoms with E-state index in [2.05, 4.69) is 10.2 Å². The van der Waals surface area contributed by atoms with Gasteiger partial charge in [0.2, 0.25) is 5.91 Å². The number of amides is 1. The molecule has 0 aliphatic rings. The summed E-state index contributed by atoms with van der Waals surface area (Å²) in [6.07, 6.45) is 0.918. The second-order valence-corrected chi connectivity index (χ2v) is 6.88. The summed E-state index contributed by atoms with van der Waals surface area (Å²) >= 11 is 0. The molecule has 0 spiro atoms. The van der Waals surface area contributed by atoms with Gasteiger partial charge in [0.1, 0.15) is 0 Å². The summed E-state index contributed by atoms with van der Waals surface area (Å²) in [7, 11) is 3.97. The molecule has 27 heavy (non-hydrogen) atoms. The molecule has 1 heterocycles. The number of hydrogen-bond acceptors (Lipinski definition) is 4. The Kier molecular flexibility index (Phi) is 6.08. The first-order valence-corrected chi connectivity index (χ1v) is 9.12. The number of fused-ring (bicyclic) bond motifs is 1. The Labute approximate surface area is 158 Å². The van der Waals surface area contributed by atoms with Crippen molar-refractivity contribution in [3.63, 3.8) is 0 Å². The lowest BCUT2D eigenvalue weighted by molar-refractivity contribution is -0.122. The quantitative estimate of drug-likeness (QED) is 0.665. The topological polar surface area (TPSA) is 67.5 Å². The summed E-state index contributed by atoms with van der Waals surface area (Å²) in [4.78, 5) is 26.5. The Morgan fingerprint density at radius 1 is 1.11 bits per heavy atom. The molecule has 0 saturated heterocycles. The van der Waals surface area contributed by atoms with Crippen molar-refractivity contribution >= 4 is 17.0 Å². The van der Waals surface area contributed by atoms with Crippen molar-refractivity contribution in [2.45, 2.75) is 25.4 Å². The first-order chi connectivity index (χ1) is 13.0. The third-order valence-corrected chi connectivity index (χ3v) is 4.44. The molecule has 142 valence electrons. The van der Waals surface area contributed by atoms with E-state index in [1.807, 2.05) is 62.6 Å². The van der Waals surface area contributed by atoms with E-state index in [-0.39, 0.29) is 17.7 Å². The third-order valence-electron chi connectivity index (χ3n) is 4.44. The SMILES string of the molecule is CN(C)CC(NC(=O)CCCn1c(=O)oc2ccccc21)c1ccccc1. The number of hydrogen-bond donors (Lipinski definition) is 1. The maximum absolute atomic E-state index is 12.4. The highest BCUT2D eigenvalue weighted by Crippen LogP contribution is 2.15. The normalized spacial score (nSPS) is 12.4. The van der Waals surface area contributed by atoms with E-state index < -0.39 is 0 Å². The van der Waals surface area contributed by atoms with Crippen molar-refractivity contribution in [1.82, 2.24) is 14.8 Å². The molecule has 0 fully saturated rings. The molecule has 2 aromatic carbocycles. The number of carbonyl (C=O) groups excluding carboxylic acids is 1. The van der Waals surface area contributed by atoms with Crippen molar-refractivity contribution in [3.8, 4) is 0 Å². The number of rotatable bonds is 8. The van der Waals surface area contributed by atoms with Gasteiger partial charge >= 0.3 is 5.76 Å². The number of nitrogens with one attached hydrogen (secondary N) is 1. The third kappa shape index (κ3) is 4.86. The van der Waals surface area contributed by atoms with Gasteiger partial charge in [-0.1, -0.05) is 42.5 Å². The van der Waals surface area contributed by atoms with Crippen LogP contribution in [0.5, 0.6) is 0 Å². The van der Waals surface area contributed by atoms with Crippen LogP contribution < -0.4 is 11.1 Å². The van der Waals surface area contributed by atoms with Crippen molar-refractivity contribution in [1.29, 1.82) is 0 Å². The molecule has 0 aliphatic heterocycles. The van der Waals surface area contributed by atoms with Crippen molar-refractivity contribution in [2.24, 2.45) is 0 Å². The minimum absolute atomic E-state index is 0.0217. The first kappa shape index (κ1) is 18.9. The number of benzene rings is 2. The molecule has 1 aromatic heterocycles. The van der Waals surface area contributed by atoms with Crippen LogP contribution in [0.25, 0.3) is 11.1 Å². The Balaban J connectivity index is 1.59. The highest BCUT2D eigenvalue weighted by molar-refractivity contribution is 5.76. The fourth-order valence-electron chi connectivity index (χ4n) is 3.17. The molecule has 3 aromatic rings. The Morgan fingerprint density at radius 3 is 2.56 bits per heavy atom. The number of aromatic nitrogens is 1. The minimum atomic E-state index is -0.383. The van der Waals surface area contributed by atoms with Gasteiger partial charge in [0.15, 0.2) is 5.58 Å². The molecule has 1 N–H and O–H groups in total. The minimum Gasteiger partial charge on any atom is -0.408 e. The standard InChI is InChI=1S/C21H25N3O3/c1-23(2)15-17(16-9-4-3-5-10-16)22-20(25)13-8-14-24-18-11-6-7-12-19(18)27-21(24)26/h3-7,9-12,17H,8,13-15H2,1-2H3,(H,22,25). The summed E-state index contributed by atoms with van der Waals surface area (Å²) in [6, 6.07) is 17.2. The van der Waals surface area contributed by atoms with Gasteiger partial charge in [-0.15, -0.1) is 0 Å². The van der Waals surface area contributed by atoms with Gasteiger partial charge in [-0.25, -0.2) is 4.79 Å². The summed E-state index contributed by atoms with van der Waals surface area (Å²) in [5.74, 6) is -0.405. The molecule has 3 rings (SSSR count). The largest absolute Gasteiger partial charge is 0.419 e. The van der Waals surface area contributed by atoms with Gasteiger partial charge in [-0.05, 0) is 38.2 Å². The van der Waals surface area contributed by atoms with E-state index in [1.165, 1.54) is 0 Å². The molecular weight excluding hydrogens is 342 g/mol. The molecule has 6 nitrogen and oxygen atoms in total. The lowest BCUT2D eigenvalue weighted by atomic mass is 10.1. The lowest BCUT2D eigenvalue weighted by Gasteiger charge is -2.23. The summed E-state index contributed by atoms with van der Waals surface area (Å²) in [6.45, 7) is 1.18. The summed E-state index contributed by atoms with van der Waals surface area (Å²) < 4.78 is 6.80. The molecule has 0 aliphatic carbocycles. The zero-order chi connectivity index (χ0) is 19.2. The Morgan fingerprint density at radius 2 is 1.81 bits per heavy atom. The number of para-hydroxylation sites is 2. The highest BCUT2D eigenvalue weighted by atomic mass is 16.4.